The average Bonchev–Trinajstić information content (AvgIpc) is 3.41. The zero-order valence-electron chi connectivity index (χ0n) is 15.0. The Morgan fingerprint density at radius 2 is 1.78 bits per heavy atom. The third kappa shape index (κ3) is 12.0. The fourth-order valence-electron chi connectivity index (χ4n) is 1.86. The molecule has 0 saturated carbocycles. The molecule has 2 N–H and O–H groups in total. The molecule has 7 nitrogen and oxygen atoms in total. The molecule has 0 aliphatic carbocycles. The summed E-state index contributed by atoms with van der Waals surface area (Å²) >= 11 is 0. The molecule has 8 heteroatoms. The van der Waals surface area contributed by atoms with Crippen molar-refractivity contribution in [3.8, 4) is 0 Å². The lowest BCUT2D eigenvalue weighted by molar-refractivity contribution is 0.0865. The van der Waals surface area contributed by atoms with Gasteiger partial charge in [-0.2, -0.15) is 0 Å². The van der Waals surface area contributed by atoms with Crippen LogP contribution in [0.5, 0.6) is 0 Å². The van der Waals surface area contributed by atoms with Gasteiger partial charge in [-0.1, -0.05) is 19.8 Å². The molecule has 140 valence electrons. The van der Waals surface area contributed by atoms with Gasteiger partial charge in [0.25, 0.3) is 0 Å². The summed E-state index contributed by atoms with van der Waals surface area (Å²) in [5.41, 5.74) is 0. The van der Waals surface area contributed by atoms with Crippen molar-refractivity contribution in [1.29, 1.82) is 0 Å². The van der Waals surface area contributed by atoms with E-state index in [1.54, 1.807) is 21.3 Å². The number of hydrogen-bond acceptors (Lipinski definition) is 7. The van der Waals surface area contributed by atoms with E-state index in [1.165, 1.54) is 0 Å². The molecule has 0 amide bonds. The Labute approximate surface area is 141 Å². The molecule has 1 fully saturated rings. The quantitative estimate of drug-likeness (QED) is 0.292. The van der Waals surface area contributed by atoms with Crippen molar-refractivity contribution in [2.75, 3.05) is 47.8 Å². The maximum Gasteiger partial charge on any atom is 0.500 e. The maximum atomic E-state index is 8.74. The topological polar surface area (TPSA) is 89.9 Å². The van der Waals surface area contributed by atoms with Gasteiger partial charge in [0.1, 0.15) is 6.10 Å². The SMILES string of the molecule is CCCCC(O)CO.CO[Si](CCCOCC1CO1)(OC)OC. The normalized spacial score (nSPS) is 18.3. The van der Waals surface area contributed by atoms with Gasteiger partial charge in [0, 0.05) is 34.0 Å². The van der Waals surface area contributed by atoms with Gasteiger partial charge in [-0.15, -0.1) is 0 Å². The predicted molar refractivity (Wildman–Crippen MR) is 89.4 cm³/mol. The first-order chi connectivity index (χ1) is 11.1. The Kier molecular flexibility index (Phi) is 14.3. The first kappa shape index (κ1) is 22.9. The summed E-state index contributed by atoms with van der Waals surface area (Å²) in [6, 6.07) is 0.780. The summed E-state index contributed by atoms with van der Waals surface area (Å²) in [6.45, 7) is 4.20. The number of aliphatic hydroxyl groups is 2. The van der Waals surface area contributed by atoms with E-state index in [9.17, 15) is 0 Å². The minimum Gasteiger partial charge on any atom is -0.394 e. The molecule has 23 heavy (non-hydrogen) atoms. The third-order valence-electron chi connectivity index (χ3n) is 3.51. The lowest BCUT2D eigenvalue weighted by Crippen LogP contribution is -2.42. The second-order valence-electron chi connectivity index (χ2n) is 5.41. The second kappa shape index (κ2) is 14.3. The van der Waals surface area contributed by atoms with E-state index in [4.69, 9.17) is 33.0 Å². The maximum absolute atomic E-state index is 8.74. The number of aliphatic hydroxyl groups excluding tert-OH is 2. The van der Waals surface area contributed by atoms with Gasteiger partial charge in [0.15, 0.2) is 0 Å². The third-order valence-corrected chi connectivity index (χ3v) is 6.34. The molecule has 1 aliphatic heterocycles. The minimum atomic E-state index is -2.39. The summed E-state index contributed by atoms with van der Waals surface area (Å²) in [7, 11) is 2.48. The van der Waals surface area contributed by atoms with Crippen LogP contribution in [-0.4, -0.2) is 79.0 Å². The first-order valence-electron chi connectivity index (χ1n) is 8.21. The van der Waals surface area contributed by atoms with Crippen molar-refractivity contribution in [1.82, 2.24) is 0 Å². The van der Waals surface area contributed by atoms with E-state index in [1.807, 2.05) is 0 Å². The molecule has 1 aliphatic rings. The van der Waals surface area contributed by atoms with Crippen LogP contribution in [0.3, 0.4) is 0 Å². The minimum absolute atomic E-state index is 0.0972. The molecule has 0 spiro atoms. The van der Waals surface area contributed by atoms with E-state index in [2.05, 4.69) is 6.92 Å². The van der Waals surface area contributed by atoms with Crippen molar-refractivity contribution in [2.45, 2.75) is 50.9 Å². The van der Waals surface area contributed by atoms with Crippen LogP contribution in [-0.2, 0) is 22.8 Å². The molecule has 1 heterocycles. The molecule has 0 aromatic heterocycles. The molecule has 2 atom stereocenters. The van der Waals surface area contributed by atoms with E-state index in [-0.39, 0.29) is 6.61 Å². The molecule has 1 saturated heterocycles. The molecule has 0 aromatic rings. The Morgan fingerprint density at radius 3 is 2.22 bits per heavy atom. The largest absolute Gasteiger partial charge is 0.500 e. The highest BCUT2D eigenvalue weighted by Crippen LogP contribution is 2.15. The van der Waals surface area contributed by atoms with Crippen molar-refractivity contribution in [3.05, 3.63) is 0 Å². The highest BCUT2D eigenvalue weighted by Gasteiger charge is 2.36. The number of ether oxygens (including phenoxy) is 2. The van der Waals surface area contributed by atoms with E-state index in [0.29, 0.717) is 19.3 Å². The lowest BCUT2D eigenvalue weighted by Gasteiger charge is -2.24. The average molecular weight is 355 g/mol. The van der Waals surface area contributed by atoms with E-state index in [0.717, 1.165) is 38.3 Å². The van der Waals surface area contributed by atoms with Crippen molar-refractivity contribution < 1.29 is 33.0 Å². The second-order valence-corrected chi connectivity index (χ2v) is 8.50. The highest BCUT2D eigenvalue weighted by atomic mass is 28.4. The Hall–Kier alpha value is -0.0631. The van der Waals surface area contributed by atoms with Crippen molar-refractivity contribution in [3.63, 3.8) is 0 Å². The van der Waals surface area contributed by atoms with Crippen LogP contribution in [0.1, 0.15) is 32.6 Å². The lowest BCUT2D eigenvalue weighted by atomic mass is 10.2. The Morgan fingerprint density at radius 1 is 1.17 bits per heavy atom. The van der Waals surface area contributed by atoms with Crippen LogP contribution in [0.15, 0.2) is 0 Å². The molecule has 1 rings (SSSR count). The number of hydrogen-bond donors (Lipinski definition) is 2. The number of rotatable bonds is 13. The summed E-state index contributed by atoms with van der Waals surface area (Å²) in [5.74, 6) is 0. The van der Waals surface area contributed by atoms with Gasteiger partial charge in [0.2, 0.25) is 0 Å². The van der Waals surface area contributed by atoms with E-state index < -0.39 is 14.9 Å². The smallest absolute Gasteiger partial charge is 0.394 e. The van der Waals surface area contributed by atoms with Crippen LogP contribution in [0.2, 0.25) is 6.04 Å². The summed E-state index contributed by atoms with van der Waals surface area (Å²) in [4.78, 5) is 0. The van der Waals surface area contributed by atoms with Crippen LogP contribution in [0.25, 0.3) is 0 Å². The van der Waals surface area contributed by atoms with Gasteiger partial charge < -0.3 is 33.0 Å². The molecule has 0 bridgehead atoms. The van der Waals surface area contributed by atoms with E-state index >= 15 is 0 Å². The van der Waals surface area contributed by atoms with Gasteiger partial charge in [-0.3, -0.25) is 0 Å². The predicted octanol–water partition coefficient (Wildman–Crippen LogP) is 1.20. The zero-order chi connectivity index (χ0) is 17.6. The van der Waals surface area contributed by atoms with Crippen molar-refractivity contribution >= 4 is 8.80 Å². The van der Waals surface area contributed by atoms with Crippen LogP contribution in [0, 0.1) is 0 Å². The molecule has 0 radical (unpaired) electrons. The van der Waals surface area contributed by atoms with Gasteiger partial charge in [-0.25, -0.2) is 0 Å². The first-order valence-corrected chi connectivity index (χ1v) is 10.1. The summed E-state index contributed by atoms with van der Waals surface area (Å²) in [6.07, 6.45) is 3.54. The Bertz CT molecular complexity index is 252. The fourth-order valence-corrected chi connectivity index (χ4v) is 3.55. The van der Waals surface area contributed by atoms with Crippen LogP contribution >= 0.6 is 0 Å². The molecular formula is C15H34O7Si. The van der Waals surface area contributed by atoms with Crippen LogP contribution < -0.4 is 0 Å². The zero-order valence-corrected chi connectivity index (χ0v) is 16.0. The van der Waals surface area contributed by atoms with Crippen LogP contribution in [0.4, 0.5) is 0 Å². The number of epoxide rings is 1. The van der Waals surface area contributed by atoms with Gasteiger partial charge in [0.05, 0.1) is 25.9 Å². The summed E-state index contributed by atoms with van der Waals surface area (Å²) in [5, 5.41) is 17.1. The molecule has 2 unspecified atom stereocenters. The highest BCUT2D eigenvalue weighted by molar-refractivity contribution is 6.60. The van der Waals surface area contributed by atoms with Gasteiger partial charge in [-0.05, 0) is 12.8 Å². The summed E-state index contributed by atoms with van der Waals surface area (Å²) < 4.78 is 26.3. The number of unbranched alkanes of at least 4 members (excludes halogenated alkanes) is 1. The standard InChI is InChI=1S/C9H20O5Si.C6H14O2/c1-10-15(11-2,12-3)6-4-5-13-7-9-8-14-9;1-2-3-4-6(8)5-7/h9H,4-8H2,1-3H3;6-8H,2-5H2,1H3. The molecular weight excluding hydrogens is 320 g/mol. The Balaban J connectivity index is 0.000000515. The fraction of sp³-hybridized carbons (Fsp3) is 1.00. The van der Waals surface area contributed by atoms with Gasteiger partial charge >= 0.3 is 8.80 Å². The van der Waals surface area contributed by atoms with Crippen molar-refractivity contribution in [2.24, 2.45) is 0 Å². The molecule has 0 aromatic carbocycles. The monoisotopic (exact) mass is 354 g/mol.